The summed E-state index contributed by atoms with van der Waals surface area (Å²) in [4.78, 5) is 76.6. The van der Waals surface area contributed by atoms with Crippen molar-refractivity contribution >= 4 is 35.8 Å². The summed E-state index contributed by atoms with van der Waals surface area (Å²) in [6, 6.07) is 11.3. The van der Waals surface area contributed by atoms with Crippen LogP contribution in [0.5, 0.6) is 11.5 Å². The van der Waals surface area contributed by atoms with Crippen LogP contribution in [0.2, 0.25) is 0 Å². The molecule has 4 N–H and O–H groups in total. The molecule has 1 unspecified atom stereocenters. The number of likely N-dealkylation sites (tertiary alicyclic amines) is 1. The van der Waals surface area contributed by atoms with E-state index in [1.807, 2.05) is 32.9 Å². The number of nitrogens with two attached hydrogens (primary N) is 1. The molecule has 14 heteroatoms. The molecule has 266 valence electrons. The number of benzene rings is 2. The van der Waals surface area contributed by atoms with Crippen LogP contribution < -0.4 is 25.8 Å². The highest BCUT2D eigenvalue weighted by Crippen LogP contribution is 2.20. The zero-order chi connectivity index (χ0) is 36.1. The lowest BCUT2D eigenvalue weighted by molar-refractivity contribution is -0.184. The van der Waals surface area contributed by atoms with E-state index in [0.29, 0.717) is 37.2 Å². The van der Waals surface area contributed by atoms with Gasteiger partial charge in [-0.1, -0.05) is 44.2 Å². The largest absolute Gasteiger partial charge is 0.484 e. The first-order valence-corrected chi connectivity index (χ1v) is 16.2. The van der Waals surface area contributed by atoms with E-state index in [-0.39, 0.29) is 42.9 Å². The number of hydrogen-bond acceptors (Lipinski definition) is 10. The number of hydrogen-bond donors (Lipinski definition) is 3. The summed E-state index contributed by atoms with van der Waals surface area (Å²) < 4.78 is 21.3. The summed E-state index contributed by atoms with van der Waals surface area (Å²) in [6.45, 7) is 8.54. The highest BCUT2D eigenvalue weighted by atomic mass is 16.7. The number of aryl methyl sites for hydroxylation is 1. The molecule has 0 aromatic heterocycles. The molecule has 1 aliphatic rings. The maximum absolute atomic E-state index is 13.5. The molecule has 2 aromatic carbocycles. The fourth-order valence-electron chi connectivity index (χ4n) is 5.21. The summed E-state index contributed by atoms with van der Waals surface area (Å²) >= 11 is 0. The van der Waals surface area contributed by atoms with Crippen LogP contribution in [-0.4, -0.2) is 78.7 Å². The van der Waals surface area contributed by atoms with Crippen LogP contribution in [0.4, 0.5) is 4.79 Å². The number of carbonyl (C=O) groups excluding carboxylic acids is 6. The number of amides is 4. The Balaban J connectivity index is 1.69. The van der Waals surface area contributed by atoms with Crippen LogP contribution in [0.15, 0.2) is 48.5 Å². The number of para-hydroxylation sites is 1. The summed E-state index contributed by atoms with van der Waals surface area (Å²) in [5, 5.41) is 5.39. The van der Waals surface area contributed by atoms with Gasteiger partial charge in [0, 0.05) is 39.3 Å². The number of nitrogens with zero attached hydrogens (tertiary/aromatic N) is 1. The third kappa shape index (κ3) is 12.8. The fourth-order valence-corrected chi connectivity index (χ4v) is 5.21. The van der Waals surface area contributed by atoms with E-state index in [1.165, 1.54) is 18.7 Å². The van der Waals surface area contributed by atoms with Crippen LogP contribution >= 0.6 is 0 Å². The first kappa shape index (κ1) is 38.3. The van der Waals surface area contributed by atoms with Gasteiger partial charge in [0.2, 0.25) is 18.1 Å². The molecular formula is C35H46N4O10. The predicted octanol–water partition coefficient (Wildman–Crippen LogP) is 2.78. The lowest BCUT2D eigenvalue weighted by Crippen LogP contribution is -2.53. The van der Waals surface area contributed by atoms with Crippen molar-refractivity contribution in [1.82, 2.24) is 15.5 Å². The normalized spacial score (nSPS) is 14.9. The summed E-state index contributed by atoms with van der Waals surface area (Å²) in [7, 11) is 0. The fraction of sp³-hybridized carbons (Fsp3) is 0.486. The van der Waals surface area contributed by atoms with Gasteiger partial charge in [-0.05, 0) is 61.4 Å². The lowest BCUT2D eigenvalue weighted by atomic mass is 9.97. The minimum atomic E-state index is -1.24. The molecule has 0 saturated carbocycles. The van der Waals surface area contributed by atoms with Crippen molar-refractivity contribution in [3.8, 4) is 11.5 Å². The minimum Gasteiger partial charge on any atom is -0.484 e. The Hall–Kier alpha value is -5.14. The van der Waals surface area contributed by atoms with Gasteiger partial charge in [0.25, 0.3) is 5.91 Å². The van der Waals surface area contributed by atoms with Crippen molar-refractivity contribution in [3.05, 3.63) is 59.7 Å². The highest BCUT2D eigenvalue weighted by molar-refractivity contribution is 5.91. The topological polar surface area (TPSA) is 193 Å². The van der Waals surface area contributed by atoms with Crippen molar-refractivity contribution < 1.29 is 47.7 Å². The van der Waals surface area contributed by atoms with E-state index < -0.39 is 48.2 Å². The molecule has 0 radical (unpaired) electrons. The molecule has 0 bridgehead atoms. The third-order valence-electron chi connectivity index (χ3n) is 7.75. The van der Waals surface area contributed by atoms with E-state index in [1.54, 1.807) is 36.4 Å². The highest BCUT2D eigenvalue weighted by Gasteiger charge is 2.30. The average Bonchev–Trinajstić information content (AvgIpc) is 3.04. The number of piperidine rings is 1. The summed E-state index contributed by atoms with van der Waals surface area (Å²) in [5.74, 6) is -2.51. The molecule has 49 heavy (non-hydrogen) atoms. The number of carbonyl (C=O) groups is 6. The molecule has 0 aliphatic carbocycles. The van der Waals surface area contributed by atoms with Gasteiger partial charge in [-0.15, -0.1) is 0 Å². The Morgan fingerprint density at radius 1 is 0.898 bits per heavy atom. The van der Waals surface area contributed by atoms with Gasteiger partial charge in [-0.25, -0.2) is 9.59 Å². The first-order valence-electron chi connectivity index (χ1n) is 16.2. The van der Waals surface area contributed by atoms with Crippen LogP contribution in [0.25, 0.3) is 0 Å². The van der Waals surface area contributed by atoms with Crippen LogP contribution in [0, 0.1) is 18.8 Å². The SMILES string of the molecule is CC(=O)OC(C)OC(=O)[C@H](Cc1ccc(OC(=O)N2CCC(C(N)=O)CC2)cc1)NC(=O)[C@H](CC(C)C)NC(=O)COc1ccccc1C. The Kier molecular flexibility index (Phi) is 14.4. The van der Waals surface area contributed by atoms with Crippen molar-refractivity contribution in [2.75, 3.05) is 19.7 Å². The molecule has 2 aromatic rings. The molecule has 1 saturated heterocycles. The molecule has 1 heterocycles. The van der Waals surface area contributed by atoms with E-state index in [4.69, 9.17) is 24.7 Å². The maximum Gasteiger partial charge on any atom is 0.415 e. The van der Waals surface area contributed by atoms with Gasteiger partial charge in [-0.3, -0.25) is 19.2 Å². The van der Waals surface area contributed by atoms with E-state index in [0.717, 1.165) is 5.56 Å². The predicted molar refractivity (Wildman–Crippen MR) is 177 cm³/mol. The van der Waals surface area contributed by atoms with Crippen LogP contribution in [-0.2, 0) is 39.9 Å². The molecule has 1 fully saturated rings. The summed E-state index contributed by atoms with van der Waals surface area (Å²) in [6.07, 6.45) is -0.620. The molecule has 3 atom stereocenters. The number of esters is 2. The molecule has 1 aliphatic heterocycles. The monoisotopic (exact) mass is 682 g/mol. The molecule has 3 rings (SSSR count). The van der Waals surface area contributed by atoms with Gasteiger partial charge in [0.1, 0.15) is 23.6 Å². The van der Waals surface area contributed by atoms with Crippen molar-refractivity contribution in [3.63, 3.8) is 0 Å². The molecule has 0 spiro atoms. The minimum absolute atomic E-state index is 0.00694. The molecule has 4 amide bonds. The molecular weight excluding hydrogens is 636 g/mol. The van der Waals surface area contributed by atoms with E-state index >= 15 is 0 Å². The summed E-state index contributed by atoms with van der Waals surface area (Å²) in [5.41, 5.74) is 6.80. The van der Waals surface area contributed by atoms with Gasteiger partial charge in [0.15, 0.2) is 6.61 Å². The van der Waals surface area contributed by atoms with Crippen LogP contribution in [0.1, 0.15) is 58.1 Å². The van der Waals surface area contributed by atoms with Crippen LogP contribution in [0.3, 0.4) is 0 Å². The van der Waals surface area contributed by atoms with E-state index in [2.05, 4.69) is 10.6 Å². The lowest BCUT2D eigenvalue weighted by Gasteiger charge is -2.29. The average molecular weight is 683 g/mol. The Labute approximate surface area is 285 Å². The van der Waals surface area contributed by atoms with Gasteiger partial charge in [-0.2, -0.15) is 0 Å². The van der Waals surface area contributed by atoms with E-state index in [9.17, 15) is 28.8 Å². The second-order valence-corrected chi connectivity index (χ2v) is 12.4. The van der Waals surface area contributed by atoms with Crippen molar-refractivity contribution in [2.45, 2.75) is 78.7 Å². The second kappa shape index (κ2) is 18.4. The smallest absolute Gasteiger partial charge is 0.415 e. The second-order valence-electron chi connectivity index (χ2n) is 12.4. The third-order valence-corrected chi connectivity index (χ3v) is 7.75. The number of rotatable bonds is 15. The number of ether oxygens (including phenoxy) is 4. The Morgan fingerprint density at radius 3 is 2.14 bits per heavy atom. The van der Waals surface area contributed by atoms with Gasteiger partial charge < -0.3 is 40.2 Å². The zero-order valence-corrected chi connectivity index (χ0v) is 28.6. The van der Waals surface area contributed by atoms with Gasteiger partial charge >= 0.3 is 18.0 Å². The first-order chi connectivity index (χ1) is 23.2. The van der Waals surface area contributed by atoms with Gasteiger partial charge in [0.05, 0.1) is 0 Å². The zero-order valence-electron chi connectivity index (χ0n) is 28.6. The maximum atomic E-state index is 13.5. The Morgan fingerprint density at radius 2 is 1.55 bits per heavy atom. The standard InChI is InChI=1S/C35H46N4O10/c1-21(2)18-28(37-31(41)20-46-30-9-7-6-8-22(30)3)33(43)38-29(34(44)48-24(5)47-23(4)40)19-25-10-12-27(13-11-25)49-35(45)39-16-14-26(15-17-39)32(36)42/h6-13,21,24,26,28-29H,14-20H2,1-5H3,(H2,36,42)(H,37,41)(H,38,43)/t24?,28-,29-/m0/s1. The quantitative estimate of drug-likeness (QED) is 0.186. The van der Waals surface area contributed by atoms with Crippen molar-refractivity contribution in [1.29, 1.82) is 0 Å². The molecule has 14 nitrogen and oxygen atoms in total. The van der Waals surface area contributed by atoms with Crippen molar-refractivity contribution in [2.24, 2.45) is 17.6 Å². The Bertz CT molecular complexity index is 1470. The number of nitrogens with one attached hydrogen (secondary N) is 2. The number of primary amides is 1.